The van der Waals surface area contributed by atoms with E-state index < -0.39 is 6.04 Å². The molecule has 2 amide bonds. The highest BCUT2D eigenvalue weighted by Crippen LogP contribution is 2.23. The molecule has 0 aliphatic heterocycles. The van der Waals surface area contributed by atoms with Gasteiger partial charge in [-0.15, -0.1) is 11.8 Å². The number of benzene rings is 2. The maximum absolute atomic E-state index is 13.2. The molecule has 1 N–H and O–H groups in total. The van der Waals surface area contributed by atoms with E-state index in [1.54, 1.807) is 30.0 Å². The van der Waals surface area contributed by atoms with Gasteiger partial charge in [0.25, 0.3) is 0 Å². The highest BCUT2D eigenvalue weighted by molar-refractivity contribution is 8.00. The molecule has 0 aromatic heterocycles. The minimum absolute atomic E-state index is 0.0915. The zero-order valence-electron chi connectivity index (χ0n) is 17.7. The summed E-state index contributed by atoms with van der Waals surface area (Å²) in [5.41, 5.74) is 0.898. The topological polar surface area (TPSA) is 49.4 Å². The number of rotatable bonds is 8. The maximum Gasteiger partial charge on any atom is 0.242 e. The van der Waals surface area contributed by atoms with Gasteiger partial charge in [0.2, 0.25) is 11.8 Å². The van der Waals surface area contributed by atoms with E-state index in [0.29, 0.717) is 16.6 Å². The van der Waals surface area contributed by atoms with Crippen molar-refractivity contribution >= 4 is 46.8 Å². The smallest absolute Gasteiger partial charge is 0.242 e. The van der Waals surface area contributed by atoms with Gasteiger partial charge in [-0.25, -0.2) is 0 Å². The van der Waals surface area contributed by atoms with E-state index in [9.17, 15) is 9.59 Å². The number of carbonyl (C=O) groups is 2. The fourth-order valence-corrected chi connectivity index (χ4v) is 4.87. The van der Waals surface area contributed by atoms with Crippen LogP contribution >= 0.6 is 35.0 Å². The summed E-state index contributed by atoms with van der Waals surface area (Å²) >= 11 is 13.5. The summed E-state index contributed by atoms with van der Waals surface area (Å²) in [4.78, 5) is 28.8. The van der Waals surface area contributed by atoms with E-state index in [1.165, 1.54) is 18.2 Å². The maximum atomic E-state index is 13.2. The molecule has 2 aromatic carbocycles. The lowest BCUT2D eigenvalue weighted by molar-refractivity contribution is -0.139. The van der Waals surface area contributed by atoms with Crippen molar-refractivity contribution in [2.75, 3.05) is 5.75 Å². The summed E-state index contributed by atoms with van der Waals surface area (Å²) in [6.45, 7) is 2.13. The van der Waals surface area contributed by atoms with E-state index >= 15 is 0 Å². The van der Waals surface area contributed by atoms with Crippen molar-refractivity contribution in [3.63, 3.8) is 0 Å². The molecule has 0 heterocycles. The Morgan fingerprint density at radius 1 is 1.06 bits per heavy atom. The third-order valence-electron chi connectivity index (χ3n) is 5.54. The lowest BCUT2D eigenvalue weighted by Crippen LogP contribution is -2.50. The summed E-state index contributed by atoms with van der Waals surface area (Å²) in [7, 11) is 0. The molecule has 1 saturated carbocycles. The van der Waals surface area contributed by atoms with Gasteiger partial charge < -0.3 is 10.2 Å². The Balaban J connectivity index is 1.70. The zero-order chi connectivity index (χ0) is 22.2. The Morgan fingerprint density at radius 2 is 1.77 bits per heavy atom. The van der Waals surface area contributed by atoms with E-state index in [1.807, 2.05) is 30.3 Å². The molecule has 1 fully saturated rings. The van der Waals surface area contributed by atoms with Crippen LogP contribution in [0.25, 0.3) is 0 Å². The van der Waals surface area contributed by atoms with Gasteiger partial charge in [-0.2, -0.15) is 0 Å². The van der Waals surface area contributed by atoms with Crippen LogP contribution in [0.4, 0.5) is 0 Å². The summed E-state index contributed by atoms with van der Waals surface area (Å²) in [5.74, 6) is 0.0495. The number of halogens is 2. The van der Waals surface area contributed by atoms with Crippen molar-refractivity contribution in [3.05, 3.63) is 64.1 Å². The molecule has 0 spiro atoms. The normalized spacial score (nSPS) is 15.3. The Labute approximate surface area is 198 Å². The van der Waals surface area contributed by atoms with Crippen molar-refractivity contribution < 1.29 is 9.59 Å². The number of carbonyl (C=O) groups excluding carboxylic acids is 2. The van der Waals surface area contributed by atoms with Crippen LogP contribution in [0, 0.1) is 0 Å². The molecule has 31 heavy (non-hydrogen) atoms. The molecule has 1 aliphatic rings. The van der Waals surface area contributed by atoms with Crippen LogP contribution < -0.4 is 5.32 Å². The van der Waals surface area contributed by atoms with Gasteiger partial charge in [0.15, 0.2) is 0 Å². The molecule has 0 radical (unpaired) electrons. The molecule has 1 atom stereocenters. The van der Waals surface area contributed by atoms with Crippen molar-refractivity contribution in [1.29, 1.82) is 0 Å². The van der Waals surface area contributed by atoms with E-state index in [-0.39, 0.29) is 23.6 Å². The number of nitrogens with zero attached hydrogens (tertiary/aromatic N) is 1. The molecule has 2 aromatic rings. The summed E-state index contributed by atoms with van der Waals surface area (Å²) in [5, 5.41) is 4.42. The third kappa shape index (κ3) is 7.44. The molecule has 3 rings (SSSR count). The number of nitrogens with one attached hydrogen (secondary N) is 1. The first kappa shape index (κ1) is 24.0. The second-order valence-electron chi connectivity index (χ2n) is 7.91. The number of amides is 2. The second-order valence-corrected chi connectivity index (χ2v) is 9.84. The monoisotopic (exact) mass is 478 g/mol. The largest absolute Gasteiger partial charge is 0.352 e. The van der Waals surface area contributed by atoms with Crippen LogP contribution in [0.2, 0.25) is 10.0 Å². The predicted octanol–water partition coefficient (Wildman–Crippen LogP) is 5.95. The number of thioether (sulfide) groups is 1. The van der Waals surface area contributed by atoms with Crippen LogP contribution in [0.1, 0.15) is 44.6 Å². The first-order valence-corrected chi connectivity index (χ1v) is 12.4. The number of hydrogen-bond acceptors (Lipinski definition) is 3. The van der Waals surface area contributed by atoms with Crippen LogP contribution in [0.15, 0.2) is 53.4 Å². The van der Waals surface area contributed by atoms with Gasteiger partial charge in [0, 0.05) is 27.5 Å². The molecule has 7 heteroatoms. The van der Waals surface area contributed by atoms with Crippen molar-refractivity contribution in [3.8, 4) is 0 Å². The van der Waals surface area contributed by atoms with Crippen molar-refractivity contribution in [2.45, 2.75) is 62.6 Å². The first-order valence-electron chi connectivity index (χ1n) is 10.6. The van der Waals surface area contributed by atoms with Gasteiger partial charge >= 0.3 is 0 Å². The van der Waals surface area contributed by atoms with Crippen molar-refractivity contribution in [2.24, 2.45) is 0 Å². The van der Waals surface area contributed by atoms with Gasteiger partial charge in [-0.3, -0.25) is 9.59 Å². The average Bonchev–Trinajstić information content (AvgIpc) is 2.77. The van der Waals surface area contributed by atoms with Crippen molar-refractivity contribution in [1.82, 2.24) is 10.2 Å². The Morgan fingerprint density at radius 3 is 2.45 bits per heavy atom. The highest BCUT2D eigenvalue weighted by atomic mass is 35.5. The molecule has 166 valence electrons. The zero-order valence-corrected chi connectivity index (χ0v) is 20.0. The SMILES string of the molecule is C[C@@H](C(=O)NC1CCCCC1)N(Cc1cccc(Cl)c1)C(=O)CSc1ccc(Cl)cc1. The van der Waals surface area contributed by atoms with E-state index in [0.717, 1.165) is 36.1 Å². The highest BCUT2D eigenvalue weighted by Gasteiger charge is 2.28. The average molecular weight is 479 g/mol. The number of hydrogen-bond donors (Lipinski definition) is 1. The van der Waals surface area contributed by atoms with Gasteiger partial charge in [-0.05, 0) is 61.7 Å². The van der Waals surface area contributed by atoms with E-state index in [4.69, 9.17) is 23.2 Å². The standard InChI is InChI=1S/C24H28Cl2N2O2S/c1-17(24(30)27-21-8-3-2-4-9-21)28(15-18-6-5-7-20(26)14-18)23(29)16-31-22-12-10-19(25)11-13-22/h5-7,10-14,17,21H,2-4,8-9,15-16H2,1H3,(H,27,30)/t17-/m0/s1. The predicted molar refractivity (Wildman–Crippen MR) is 129 cm³/mol. The lowest BCUT2D eigenvalue weighted by atomic mass is 9.95. The Hall–Kier alpha value is -1.69. The minimum Gasteiger partial charge on any atom is -0.352 e. The summed E-state index contributed by atoms with van der Waals surface area (Å²) < 4.78 is 0. The fraction of sp³-hybridized carbons (Fsp3) is 0.417. The second kappa shape index (κ2) is 11.8. The van der Waals surface area contributed by atoms with Gasteiger partial charge in [0.05, 0.1) is 5.75 Å². The van der Waals surface area contributed by atoms with Gasteiger partial charge in [-0.1, -0.05) is 54.6 Å². The third-order valence-corrected chi connectivity index (χ3v) is 7.02. The molecule has 1 aliphatic carbocycles. The Bertz CT molecular complexity index is 885. The molecular formula is C24H28Cl2N2O2S. The van der Waals surface area contributed by atoms with Crippen LogP contribution in [0.5, 0.6) is 0 Å². The molecule has 0 bridgehead atoms. The molecule has 4 nitrogen and oxygen atoms in total. The minimum atomic E-state index is -0.570. The van der Waals surface area contributed by atoms with Crippen LogP contribution in [0.3, 0.4) is 0 Å². The molecule has 0 saturated heterocycles. The first-order chi connectivity index (χ1) is 14.9. The quantitative estimate of drug-likeness (QED) is 0.476. The Kier molecular flexibility index (Phi) is 9.12. The summed E-state index contributed by atoms with van der Waals surface area (Å²) in [6.07, 6.45) is 5.52. The van der Waals surface area contributed by atoms with Gasteiger partial charge in [0.1, 0.15) is 6.04 Å². The lowest BCUT2D eigenvalue weighted by Gasteiger charge is -2.31. The van der Waals surface area contributed by atoms with Crippen LogP contribution in [-0.4, -0.2) is 34.6 Å². The fourth-order valence-electron chi connectivity index (χ4n) is 3.74. The van der Waals surface area contributed by atoms with Crippen LogP contribution in [-0.2, 0) is 16.1 Å². The molecule has 0 unspecified atom stereocenters. The summed E-state index contributed by atoms with van der Waals surface area (Å²) in [6, 6.07) is 14.4. The van der Waals surface area contributed by atoms with E-state index in [2.05, 4.69) is 5.32 Å². The molecular weight excluding hydrogens is 451 g/mol.